The van der Waals surface area contributed by atoms with Crippen molar-refractivity contribution in [1.29, 1.82) is 0 Å². The van der Waals surface area contributed by atoms with Crippen LogP contribution in [0.3, 0.4) is 0 Å². The fourth-order valence-corrected chi connectivity index (χ4v) is 4.73. The van der Waals surface area contributed by atoms with Crippen molar-refractivity contribution in [2.75, 3.05) is 20.1 Å². The molecule has 1 aliphatic heterocycles. The van der Waals surface area contributed by atoms with Gasteiger partial charge in [0, 0.05) is 0 Å². The smallest absolute Gasteiger partial charge is 0.00161 e. The summed E-state index contributed by atoms with van der Waals surface area (Å²) in [5.41, 5.74) is 1.59. The second-order valence-electron chi connectivity index (χ2n) is 9.42. The van der Waals surface area contributed by atoms with Crippen molar-refractivity contribution < 1.29 is 0 Å². The van der Waals surface area contributed by atoms with E-state index >= 15 is 0 Å². The molecule has 160 valence electrons. The molecule has 0 aromatic carbocycles. The average molecular weight is 378 g/mol. The van der Waals surface area contributed by atoms with E-state index in [0.29, 0.717) is 0 Å². The van der Waals surface area contributed by atoms with Gasteiger partial charge in [0.1, 0.15) is 0 Å². The zero-order valence-corrected chi connectivity index (χ0v) is 19.2. The van der Waals surface area contributed by atoms with Crippen LogP contribution in [0.1, 0.15) is 123 Å². The molecule has 1 atom stereocenters. The zero-order valence-electron chi connectivity index (χ0n) is 19.2. The van der Waals surface area contributed by atoms with Crippen molar-refractivity contribution in [3.05, 3.63) is 12.2 Å². The van der Waals surface area contributed by atoms with E-state index in [1.165, 1.54) is 122 Å². The van der Waals surface area contributed by atoms with Crippen molar-refractivity contribution >= 4 is 0 Å². The van der Waals surface area contributed by atoms with Crippen LogP contribution in [0.4, 0.5) is 0 Å². The number of likely N-dealkylation sites (tertiary alicyclic amines) is 1. The zero-order chi connectivity index (χ0) is 19.7. The first-order valence-electron chi connectivity index (χ1n) is 12.5. The van der Waals surface area contributed by atoms with E-state index in [1.54, 1.807) is 5.57 Å². The summed E-state index contributed by atoms with van der Waals surface area (Å²) < 4.78 is 0. The van der Waals surface area contributed by atoms with Crippen LogP contribution < -0.4 is 0 Å². The molecule has 1 heterocycles. The molecule has 1 heteroatoms. The van der Waals surface area contributed by atoms with Gasteiger partial charge in [0.05, 0.1) is 0 Å². The van der Waals surface area contributed by atoms with E-state index in [-0.39, 0.29) is 0 Å². The normalized spacial score (nSPS) is 17.3. The Balaban J connectivity index is 2.29. The third kappa shape index (κ3) is 12.7. The summed E-state index contributed by atoms with van der Waals surface area (Å²) in [5, 5.41) is 0. The van der Waals surface area contributed by atoms with Crippen molar-refractivity contribution in [2.24, 2.45) is 11.8 Å². The number of rotatable bonds is 17. The largest absolute Gasteiger partial charge is 0.306 e. The molecule has 1 rings (SSSR count). The summed E-state index contributed by atoms with van der Waals surface area (Å²) in [6.45, 7) is 11.7. The highest BCUT2D eigenvalue weighted by molar-refractivity contribution is 5.03. The monoisotopic (exact) mass is 377 g/mol. The lowest BCUT2D eigenvalue weighted by molar-refractivity contribution is 0.232. The lowest BCUT2D eigenvalue weighted by Gasteiger charge is -2.31. The Bertz CT molecular complexity index is 340. The summed E-state index contributed by atoms with van der Waals surface area (Å²) >= 11 is 0. The molecule has 0 saturated carbocycles. The molecule has 1 aliphatic rings. The van der Waals surface area contributed by atoms with E-state index < -0.39 is 0 Å². The van der Waals surface area contributed by atoms with Crippen LogP contribution >= 0.6 is 0 Å². The fourth-order valence-electron chi connectivity index (χ4n) is 4.73. The molecular weight excluding hydrogens is 326 g/mol. The molecule has 0 aliphatic carbocycles. The highest BCUT2D eigenvalue weighted by Gasteiger charge is 2.21. The molecule has 0 bridgehead atoms. The molecule has 1 unspecified atom stereocenters. The minimum Gasteiger partial charge on any atom is -0.306 e. The Hall–Kier alpha value is -0.300. The second kappa shape index (κ2) is 16.6. The molecule has 0 aromatic rings. The van der Waals surface area contributed by atoms with Crippen LogP contribution in [0.5, 0.6) is 0 Å². The van der Waals surface area contributed by atoms with E-state index in [4.69, 9.17) is 0 Å². The van der Waals surface area contributed by atoms with Gasteiger partial charge in [-0.15, -0.1) is 0 Å². The summed E-state index contributed by atoms with van der Waals surface area (Å²) in [5.74, 6) is 1.72. The lowest BCUT2D eigenvalue weighted by Crippen LogP contribution is -2.31. The quantitative estimate of drug-likeness (QED) is 0.182. The second-order valence-corrected chi connectivity index (χ2v) is 9.42. The van der Waals surface area contributed by atoms with Gasteiger partial charge in [0.15, 0.2) is 0 Å². The Morgan fingerprint density at radius 3 is 1.70 bits per heavy atom. The number of piperidine rings is 1. The third-order valence-corrected chi connectivity index (χ3v) is 6.78. The Morgan fingerprint density at radius 1 is 0.778 bits per heavy atom. The molecule has 1 fully saturated rings. The minimum atomic E-state index is 0.804. The van der Waals surface area contributed by atoms with Gasteiger partial charge >= 0.3 is 0 Å². The van der Waals surface area contributed by atoms with Gasteiger partial charge in [-0.1, -0.05) is 116 Å². The maximum atomic E-state index is 4.56. The Morgan fingerprint density at radius 2 is 1.22 bits per heavy atom. The first kappa shape index (κ1) is 24.7. The molecule has 0 amide bonds. The van der Waals surface area contributed by atoms with Crippen LogP contribution in [-0.4, -0.2) is 25.0 Å². The number of allylic oxidation sites excluding steroid dienone is 1. The number of hydrogen-bond acceptors (Lipinski definition) is 1. The van der Waals surface area contributed by atoms with Gasteiger partial charge in [0.2, 0.25) is 0 Å². The van der Waals surface area contributed by atoms with Crippen LogP contribution in [0.2, 0.25) is 0 Å². The maximum absolute atomic E-state index is 4.56. The van der Waals surface area contributed by atoms with Crippen molar-refractivity contribution in [1.82, 2.24) is 4.90 Å². The first-order chi connectivity index (χ1) is 13.2. The standard InChI is InChI=1S/C26H51N/c1-5-7-9-11-12-14-16-18-25(17-15-13-10-8-6-2)23-24(3)26-19-21-27(4)22-20-26/h25-26H,3,5-23H2,1-2,4H3. The third-order valence-electron chi connectivity index (χ3n) is 6.78. The highest BCUT2D eigenvalue weighted by atomic mass is 15.1. The Kier molecular flexibility index (Phi) is 15.2. The predicted molar refractivity (Wildman–Crippen MR) is 123 cm³/mol. The van der Waals surface area contributed by atoms with Gasteiger partial charge in [-0.2, -0.15) is 0 Å². The molecule has 27 heavy (non-hydrogen) atoms. The lowest BCUT2D eigenvalue weighted by atomic mass is 9.82. The van der Waals surface area contributed by atoms with E-state index in [1.807, 2.05) is 0 Å². The SMILES string of the molecule is C=C(CC(CCCCCCC)CCCCCCCCC)C1CCN(C)CC1. The molecule has 1 nitrogen and oxygen atoms in total. The summed E-state index contributed by atoms with van der Waals surface area (Å²) in [4.78, 5) is 2.48. The van der Waals surface area contributed by atoms with E-state index in [2.05, 4.69) is 32.4 Å². The maximum Gasteiger partial charge on any atom is -0.00161 e. The van der Waals surface area contributed by atoms with Gasteiger partial charge in [0.25, 0.3) is 0 Å². The van der Waals surface area contributed by atoms with E-state index in [9.17, 15) is 0 Å². The van der Waals surface area contributed by atoms with Gasteiger partial charge in [-0.25, -0.2) is 0 Å². The average Bonchev–Trinajstić information content (AvgIpc) is 2.67. The number of unbranched alkanes of at least 4 members (excludes halogenated alkanes) is 10. The summed E-state index contributed by atoms with van der Waals surface area (Å²) in [7, 11) is 2.26. The topological polar surface area (TPSA) is 3.24 Å². The molecule has 0 aromatic heterocycles. The van der Waals surface area contributed by atoms with E-state index in [0.717, 1.165) is 11.8 Å². The number of hydrogen-bond donors (Lipinski definition) is 0. The van der Waals surface area contributed by atoms with Crippen LogP contribution in [0.25, 0.3) is 0 Å². The Labute approximate surface area is 172 Å². The van der Waals surface area contributed by atoms with Crippen LogP contribution in [0.15, 0.2) is 12.2 Å². The van der Waals surface area contributed by atoms with Crippen molar-refractivity contribution in [3.8, 4) is 0 Å². The van der Waals surface area contributed by atoms with Crippen molar-refractivity contribution in [3.63, 3.8) is 0 Å². The minimum absolute atomic E-state index is 0.804. The molecule has 0 spiro atoms. The predicted octanol–water partition coefficient (Wildman–Crippen LogP) is 8.39. The van der Waals surface area contributed by atoms with Crippen LogP contribution in [0, 0.1) is 11.8 Å². The molecule has 1 saturated heterocycles. The first-order valence-corrected chi connectivity index (χ1v) is 12.5. The summed E-state index contributed by atoms with van der Waals surface area (Å²) in [6.07, 6.45) is 24.1. The molecular formula is C26H51N. The fraction of sp³-hybridized carbons (Fsp3) is 0.923. The van der Waals surface area contributed by atoms with Gasteiger partial charge in [-0.3, -0.25) is 0 Å². The van der Waals surface area contributed by atoms with Crippen molar-refractivity contribution in [2.45, 2.75) is 123 Å². The van der Waals surface area contributed by atoms with Crippen LogP contribution in [-0.2, 0) is 0 Å². The van der Waals surface area contributed by atoms with Gasteiger partial charge in [-0.05, 0) is 51.2 Å². The molecule has 0 N–H and O–H groups in total. The highest BCUT2D eigenvalue weighted by Crippen LogP contribution is 2.31. The number of nitrogens with zero attached hydrogens (tertiary/aromatic N) is 1. The summed E-state index contributed by atoms with van der Waals surface area (Å²) in [6, 6.07) is 0. The molecule has 0 radical (unpaired) electrons. The van der Waals surface area contributed by atoms with Gasteiger partial charge < -0.3 is 4.90 Å².